The fourth-order valence-electron chi connectivity index (χ4n) is 2.63. The molecule has 0 aromatic rings. The molecule has 2 atom stereocenters. The third-order valence-electron chi connectivity index (χ3n) is 3.65. The predicted octanol–water partition coefficient (Wildman–Crippen LogP) is 2.59. The minimum Gasteiger partial charge on any atom is -0.356 e. The zero-order valence-electron chi connectivity index (χ0n) is 11.2. The fourth-order valence-corrected chi connectivity index (χ4v) is 2.63. The van der Waals surface area contributed by atoms with Crippen molar-refractivity contribution in [3.05, 3.63) is 0 Å². The number of nitrogens with two attached hydrogens (primary N) is 1. The summed E-state index contributed by atoms with van der Waals surface area (Å²) in [5.41, 5.74) is 5.92. The first-order chi connectivity index (χ1) is 8.22. The van der Waals surface area contributed by atoms with Crippen molar-refractivity contribution in [1.29, 1.82) is 0 Å². The van der Waals surface area contributed by atoms with Crippen LogP contribution >= 0.6 is 0 Å². The lowest BCUT2D eigenvalue weighted by Crippen LogP contribution is -2.32. The van der Waals surface area contributed by atoms with Crippen LogP contribution in [0.1, 0.15) is 64.7 Å². The summed E-state index contributed by atoms with van der Waals surface area (Å²) in [5.74, 6) is 0.745. The highest BCUT2D eigenvalue weighted by atomic mass is 16.1. The molecule has 2 unspecified atom stereocenters. The second-order valence-electron chi connectivity index (χ2n) is 5.41. The highest BCUT2D eigenvalue weighted by Gasteiger charge is 2.21. The zero-order chi connectivity index (χ0) is 12.5. The third-order valence-corrected chi connectivity index (χ3v) is 3.65. The summed E-state index contributed by atoms with van der Waals surface area (Å²) >= 11 is 0. The van der Waals surface area contributed by atoms with E-state index in [2.05, 4.69) is 12.2 Å². The van der Waals surface area contributed by atoms with Crippen molar-refractivity contribution in [2.45, 2.75) is 70.8 Å². The van der Waals surface area contributed by atoms with Gasteiger partial charge in [-0.2, -0.15) is 0 Å². The van der Waals surface area contributed by atoms with Crippen molar-refractivity contribution in [3.63, 3.8) is 0 Å². The molecule has 1 aliphatic carbocycles. The summed E-state index contributed by atoms with van der Waals surface area (Å²) in [6.45, 7) is 3.04. The molecule has 0 radical (unpaired) electrons. The standard InChI is InChI=1S/C14H28N2O/c1-2-3-4-5-9-16-14(17)11-12-7-6-8-13(15)10-12/h12-13H,2-11,15H2,1H3,(H,16,17). The number of nitrogens with one attached hydrogen (secondary N) is 1. The second kappa shape index (κ2) is 8.51. The highest BCUT2D eigenvalue weighted by molar-refractivity contribution is 5.76. The molecule has 1 fully saturated rings. The van der Waals surface area contributed by atoms with E-state index in [0.717, 1.165) is 25.8 Å². The van der Waals surface area contributed by atoms with Gasteiger partial charge in [0.2, 0.25) is 5.91 Å². The van der Waals surface area contributed by atoms with Gasteiger partial charge in [-0.15, -0.1) is 0 Å². The first-order valence-electron chi connectivity index (χ1n) is 7.24. The maximum Gasteiger partial charge on any atom is 0.220 e. The normalized spacial score (nSPS) is 24.6. The summed E-state index contributed by atoms with van der Waals surface area (Å²) in [6.07, 6.45) is 10.1. The number of carbonyl (C=O) groups is 1. The molecule has 0 bridgehead atoms. The number of hydrogen-bond acceptors (Lipinski definition) is 2. The van der Waals surface area contributed by atoms with E-state index in [1.807, 2.05) is 0 Å². The van der Waals surface area contributed by atoms with E-state index in [4.69, 9.17) is 5.73 Å². The number of unbranched alkanes of at least 4 members (excludes halogenated alkanes) is 3. The number of amides is 1. The van der Waals surface area contributed by atoms with E-state index in [1.165, 1.54) is 32.1 Å². The van der Waals surface area contributed by atoms with Crippen molar-refractivity contribution >= 4 is 5.91 Å². The molecule has 0 aliphatic heterocycles. The highest BCUT2D eigenvalue weighted by Crippen LogP contribution is 2.25. The zero-order valence-corrected chi connectivity index (χ0v) is 11.2. The van der Waals surface area contributed by atoms with Crippen LogP contribution in [0.3, 0.4) is 0 Å². The van der Waals surface area contributed by atoms with Crippen LogP contribution in [0.25, 0.3) is 0 Å². The van der Waals surface area contributed by atoms with Crippen molar-refractivity contribution in [3.8, 4) is 0 Å². The molecule has 3 N–H and O–H groups in total. The molecule has 0 spiro atoms. The molecule has 3 heteroatoms. The van der Waals surface area contributed by atoms with E-state index in [-0.39, 0.29) is 5.91 Å². The lowest BCUT2D eigenvalue weighted by Gasteiger charge is -2.26. The Balaban J connectivity index is 2.04. The van der Waals surface area contributed by atoms with Crippen LogP contribution in [-0.2, 0) is 4.79 Å². The third kappa shape index (κ3) is 6.67. The number of hydrogen-bond donors (Lipinski definition) is 2. The number of carbonyl (C=O) groups excluding carboxylic acids is 1. The maximum absolute atomic E-state index is 11.7. The molecule has 1 rings (SSSR count). The average Bonchev–Trinajstić information content (AvgIpc) is 2.29. The Bertz CT molecular complexity index is 218. The van der Waals surface area contributed by atoms with Crippen LogP contribution in [0.2, 0.25) is 0 Å². The smallest absolute Gasteiger partial charge is 0.220 e. The maximum atomic E-state index is 11.7. The Morgan fingerprint density at radius 1 is 1.29 bits per heavy atom. The van der Waals surface area contributed by atoms with Crippen LogP contribution in [0, 0.1) is 5.92 Å². The van der Waals surface area contributed by atoms with Gasteiger partial charge in [-0.1, -0.05) is 32.6 Å². The van der Waals surface area contributed by atoms with Crippen LogP contribution in [0.15, 0.2) is 0 Å². The van der Waals surface area contributed by atoms with Crippen LogP contribution in [0.4, 0.5) is 0 Å². The van der Waals surface area contributed by atoms with Gasteiger partial charge in [-0.05, 0) is 31.6 Å². The lowest BCUT2D eigenvalue weighted by molar-refractivity contribution is -0.122. The van der Waals surface area contributed by atoms with Crippen LogP contribution in [0.5, 0.6) is 0 Å². The molecule has 1 aliphatic rings. The van der Waals surface area contributed by atoms with Gasteiger partial charge in [0, 0.05) is 19.0 Å². The Labute approximate surface area is 106 Å². The first kappa shape index (κ1) is 14.5. The molecular formula is C14H28N2O. The van der Waals surface area contributed by atoms with Crippen molar-refractivity contribution in [2.75, 3.05) is 6.54 Å². The molecule has 17 heavy (non-hydrogen) atoms. The summed E-state index contributed by atoms with van der Waals surface area (Å²) in [5, 5.41) is 3.02. The van der Waals surface area contributed by atoms with E-state index in [9.17, 15) is 4.79 Å². The summed E-state index contributed by atoms with van der Waals surface area (Å²) in [4.78, 5) is 11.7. The van der Waals surface area contributed by atoms with Gasteiger partial charge in [-0.25, -0.2) is 0 Å². The fraction of sp³-hybridized carbons (Fsp3) is 0.929. The topological polar surface area (TPSA) is 55.1 Å². The summed E-state index contributed by atoms with van der Waals surface area (Å²) in [6, 6.07) is 0.325. The summed E-state index contributed by atoms with van der Waals surface area (Å²) in [7, 11) is 0. The molecule has 100 valence electrons. The van der Waals surface area contributed by atoms with Crippen LogP contribution < -0.4 is 11.1 Å². The lowest BCUT2D eigenvalue weighted by atomic mass is 9.84. The van der Waals surface area contributed by atoms with Gasteiger partial charge in [0.15, 0.2) is 0 Å². The predicted molar refractivity (Wildman–Crippen MR) is 71.7 cm³/mol. The SMILES string of the molecule is CCCCCCNC(=O)CC1CCCC(N)C1. The van der Waals surface area contributed by atoms with Gasteiger partial charge in [-0.3, -0.25) is 4.79 Å². The van der Waals surface area contributed by atoms with Crippen molar-refractivity contribution < 1.29 is 4.79 Å². The molecule has 0 aromatic carbocycles. The molecule has 0 aromatic heterocycles. The Kier molecular flexibility index (Phi) is 7.25. The first-order valence-corrected chi connectivity index (χ1v) is 7.24. The van der Waals surface area contributed by atoms with Crippen molar-refractivity contribution in [2.24, 2.45) is 11.7 Å². The van der Waals surface area contributed by atoms with Gasteiger partial charge in [0.25, 0.3) is 0 Å². The van der Waals surface area contributed by atoms with Gasteiger partial charge < -0.3 is 11.1 Å². The second-order valence-corrected chi connectivity index (χ2v) is 5.41. The monoisotopic (exact) mass is 240 g/mol. The Hall–Kier alpha value is -0.570. The molecule has 0 saturated heterocycles. The van der Waals surface area contributed by atoms with E-state index >= 15 is 0 Å². The van der Waals surface area contributed by atoms with Gasteiger partial charge >= 0.3 is 0 Å². The quantitative estimate of drug-likeness (QED) is 0.672. The molecule has 0 heterocycles. The Morgan fingerprint density at radius 3 is 2.82 bits per heavy atom. The van der Waals surface area contributed by atoms with E-state index < -0.39 is 0 Å². The molecular weight excluding hydrogens is 212 g/mol. The average molecular weight is 240 g/mol. The minimum absolute atomic E-state index is 0.223. The van der Waals surface area contributed by atoms with Gasteiger partial charge in [0.05, 0.1) is 0 Å². The Morgan fingerprint density at radius 2 is 2.12 bits per heavy atom. The van der Waals surface area contributed by atoms with Crippen molar-refractivity contribution in [1.82, 2.24) is 5.32 Å². The molecule has 3 nitrogen and oxygen atoms in total. The summed E-state index contributed by atoms with van der Waals surface area (Å²) < 4.78 is 0. The molecule has 1 amide bonds. The van der Waals surface area contributed by atoms with Crippen LogP contribution in [-0.4, -0.2) is 18.5 Å². The molecule has 1 saturated carbocycles. The number of rotatable bonds is 7. The van der Waals surface area contributed by atoms with E-state index in [1.54, 1.807) is 0 Å². The van der Waals surface area contributed by atoms with E-state index in [0.29, 0.717) is 18.4 Å². The largest absolute Gasteiger partial charge is 0.356 e. The minimum atomic E-state index is 0.223. The van der Waals surface area contributed by atoms with Gasteiger partial charge in [0.1, 0.15) is 0 Å².